The Labute approximate surface area is 111 Å². The molecule has 102 valence electrons. The zero-order valence-electron chi connectivity index (χ0n) is 11.1. The molecule has 19 heavy (non-hydrogen) atoms. The van der Waals surface area contributed by atoms with E-state index in [9.17, 15) is 9.59 Å². The average molecular weight is 264 g/mol. The molecular weight excluding hydrogens is 248 g/mol. The lowest BCUT2D eigenvalue weighted by atomic mass is 10.0. The van der Waals surface area contributed by atoms with Crippen molar-refractivity contribution in [1.29, 1.82) is 0 Å². The van der Waals surface area contributed by atoms with Crippen LogP contribution in [-0.4, -0.2) is 25.6 Å². The fraction of sp³-hybridized carbons (Fsp3) is 0.385. The van der Waals surface area contributed by atoms with Crippen LogP contribution in [0.4, 0.5) is 0 Å². The molecule has 0 N–H and O–H groups in total. The van der Waals surface area contributed by atoms with Gasteiger partial charge in [-0.15, -0.1) is 5.11 Å². The van der Waals surface area contributed by atoms with Crippen LogP contribution >= 0.6 is 0 Å². The molecule has 6 heteroatoms. The maximum atomic E-state index is 12.1. The summed E-state index contributed by atoms with van der Waals surface area (Å²) in [7, 11) is 1.39. The Bertz CT molecular complexity index is 473. The molecule has 0 spiro atoms. The van der Waals surface area contributed by atoms with Gasteiger partial charge < -0.3 is 9.47 Å². The Morgan fingerprint density at radius 3 is 2.37 bits per heavy atom. The Morgan fingerprint density at radius 2 is 1.89 bits per heavy atom. The number of ether oxygens (including phenoxy) is 2. The van der Waals surface area contributed by atoms with Crippen molar-refractivity contribution in [3.8, 4) is 0 Å². The minimum absolute atomic E-state index is 0.147. The first-order valence-electron chi connectivity index (χ1n) is 5.80. The summed E-state index contributed by atoms with van der Waals surface area (Å²) in [5.74, 6) is -1.42. The Kier molecular flexibility index (Phi) is 5.17. The predicted molar refractivity (Wildman–Crippen MR) is 67.3 cm³/mol. The largest absolute Gasteiger partial charge is 0.461 e. The van der Waals surface area contributed by atoms with Gasteiger partial charge in [0.25, 0.3) is 0 Å². The lowest BCUT2D eigenvalue weighted by molar-refractivity contribution is -0.183. The lowest BCUT2D eigenvalue weighted by Gasteiger charge is -2.25. The number of carbonyl (C=O) groups excluding carboxylic acids is 2. The molecule has 0 fully saturated rings. The summed E-state index contributed by atoms with van der Waals surface area (Å²) in [6, 6.07) is 8.43. The van der Waals surface area contributed by atoms with Crippen LogP contribution in [-0.2, 0) is 24.8 Å². The van der Waals surface area contributed by atoms with E-state index < -0.39 is 17.7 Å². The predicted octanol–water partition coefficient (Wildman–Crippen LogP) is 2.05. The zero-order valence-corrected chi connectivity index (χ0v) is 11.1. The molecule has 1 rings (SSSR count). The van der Waals surface area contributed by atoms with Gasteiger partial charge in [-0.3, -0.25) is 4.79 Å². The fourth-order valence-electron chi connectivity index (χ4n) is 1.58. The smallest absolute Gasteiger partial charge is 0.381 e. The number of carbonyl (C=O) groups is 2. The number of rotatable bonds is 5. The lowest BCUT2D eigenvalue weighted by Crippen LogP contribution is -2.39. The quantitative estimate of drug-likeness (QED) is 0.602. The molecule has 0 aliphatic rings. The monoisotopic (exact) mass is 264 g/mol. The van der Waals surface area contributed by atoms with Gasteiger partial charge >= 0.3 is 17.7 Å². The second-order valence-electron chi connectivity index (χ2n) is 3.62. The molecule has 1 unspecified atom stereocenters. The molecule has 0 saturated heterocycles. The van der Waals surface area contributed by atoms with Gasteiger partial charge in [0.2, 0.25) is 0 Å². The van der Waals surface area contributed by atoms with Crippen molar-refractivity contribution in [2.24, 2.45) is 10.2 Å². The number of azo groups is 1. The van der Waals surface area contributed by atoms with E-state index in [1.807, 2.05) is 0 Å². The van der Waals surface area contributed by atoms with Crippen molar-refractivity contribution in [3.63, 3.8) is 0 Å². The molecule has 0 aliphatic carbocycles. The highest BCUT2D eigenvalue weighted by Crippen LogP contribution is 2.30. The number of esters is 2. The third kappa shape index (κ3) is 3.37. The number of nitrogens with zero attached hydrogens (tertiary/aromatic N) is 2. The summed E-state index contributed by atoms with van der Waals surface area (Å²) in [5.41, 5.74) is -1.49. The first-order valence-corrected chi connectivity index (χ1v) is 5.80. The van der Waals surface area contributed by atoms with Gasteiger partial charge in [0.1, 0.15) is 0 Å². The topological polar surface area (TPSA) is 77.3 Å². The molecular formula is C13H16N2O4. The standard InChI is InChI=1S/C13H16N2O4/c1-4-18-12(17)13(15-14-3,19-10(2)16)11-8-6-5-7-9-11/h5-9H,4H2,1-3H3. The van der Waals surface area contributed by atoms with Gasteiger partial charge in [0.05, 0.1) is 6.61 Å². The zero-order chi connectivity index (χ0) is 14.3. The molecule has 6 nitrogen and oxygen atoms in total. The summed E-state index contributed by atoms with van der Waals surface area (Å²) in [5, 5.41) is 7.38. The Balaban J connectivity index is 3.34. The average Bonchev–Trinajstić information content (AvgIpc) is 2.39. The van der Waals surface area contributed by atoms with E-state index in [0.29, 0.717) is 5.56 Å². The van der Waals surface area contributed by atoms with Crippen LogP contribution < -0.4 is 0 Å². The molecule has 1 atom stereocenters. The maximum absolute atomic E-state index is 12.1. The third-order valence-electron chi connectivity index (χ3n) is 2.25. The van der Waals surface area contributed by atoms with Gasteiger partial charge in [-0.2, -0.15) is 5.11 Å². The van der Waals surface area contributed by atoms with Crippen LogP contribution in [0.1, 0.15) is 19.4 Å². The van der Waals surface area contributed by atoms with Crippen molar-refractivity contribution in [3.05, 3.63) is 35.9 Å². The number of hydrogen-bond acceptors (Lipinski definition) is 6. The van der Waals surface area contributed by atoms with Crippen molar-refractivity contribution >= 4 is 11.9 Å². The van der Waals surface area contributed by atoms with E-state index in [0.717, 1.165) is 0 Å². The van der Waals surface area contributed by atoms with Crippen LogP contribution in [0.25, 0.3) is 0 Å². The summed E-state index contributed by atoms with van der Waals surface area (Å²) in [6.45, 7) is 3.00. The van der Waals surface area contributed by atoms with Gasteiger partial charge in [-0.1, -0.05) is 30.3 Å². The van der Waals surface area contributed by atoms with Crippen LogP contribution in [0.15, 0.2) is 40.6 Å². The first-order chi connectivity index (χ1) is 9.06. The van der Waals surface area contributed by atoms with E-state index in [1.165, 1.54) is 14.0 Å². The molecule has 0 aromatic heterocycles. The maximum Gasteiger partial charge on any atom is 0.381 e. The highest BCUT2D eigenvalue weighted by molar-refractivity contribution is 5.84. The second kappa shape index (κ2) is 6.63. The molecule has 1 aromatic carbocycles. The molecule has 0 radical (unpaired) electrons. The SMILES string of the molecule is CCOC(=O)C(N=NC)(OC(C)=O)c1ccccc1. The minimum atomic E-state index is -1.88. The van der Waals surface area contributed by atoms with Crippen molar-refractivity contribution in [2.45, 2.75) is 19.6 Å². The number of hydrogen-bond donors (Lipinski definition) is 0. The van der Waals surface area contributed by atoms with Crippen LogP contribution in [0.2, 0.25) is 0 Å². The Hall–Kier alpha value is -2.24. The van der Waals surface area contributed by atoms with Crippen LogP contribution in [0.3, 0.4) is 0 Å². The number of benzene rings is 1. The molecule has 0 aliphatic heterocycles. The first kappa shape index (κ1) is 14.8. The summed E-state index contributed by atoms with van der Waals surface area (Å²) in [6.07, 6.45) is 0. The van der Waals surface area contributed by atoms with E-state index in [4.69, 9.17) is 9.47 Å². The van der Waals surface area contributed by atoms with Crippen LogP contribution in [0, 0.1) is 0 Å². The van der Waals surface area contributed by atoms with Crippen molar-refractivity contribution < 1.29 is 19.1 Å². The highest BCUT2D eigenvalue weighted by atomic mass is 16.6. The fourth-order valence-corrected chi connectivity index (χ4v) is 1.58. The third-order valence-corrected chi connectivity index (χ3v) is 2.25. The minimum Gasteiger partial charge on any atom is -0.461 e. The van der Waals surface area contributed by atoms with E-state index >= 15 is 0 Å². The summed E-state index contributed by atoms with van der Waals surface area (Å²) in [4.78, 5) is 23.4. The van der Waals surface area contributed by atoms with E-state index in [1.54, 1.807) is 37.3 Å². The molecule has 1 aromatic rings. The van der Waals surface area contributed by atoms with Gasteiger partial charge in [0.15, 0.2) is 0 Å². The van der Waals surface area contributed by atoms with Crippen LogP contribution in [0.5, 0.6) is 0 Å². The van der Waals surface area contributed by atoms with E-state index in [2.05, 4.69) is 10.2 Å². The van der Waals surface area contributed by atoms with Crippen molar-refractivity contribution in [2.75, 3.05) is 13.7 Å². The van der Waals surface area contributed by atoms with Gasteiger partial charge in [-0.25, -0.2) is 4.79 Å². The Morgan fingerprint density at radius 1 is 1.26 bits per heavy atom. The summed E-state index contributed by atoms with van der Waals surface area (Å²) >= 11 is 0. The van der Waals surface area contributed by atoms with Gasteiger partial charge in [-0.05, 0) is 6.92 Å². The highest BCUT2D eigenvalue weighted by Gasteiger charge is 2.46. The van der Waals surface area contributed by atoms with E-state index in [-0.39, 0.29) is 6.61 Å². The van der Waals surface area contributed by atoms with Crippen molar-refractivity contribution in [1.82, 2.24) is 0 Å². The normalized spacial score (nSPS) is 13.8. The summed E-state index contributed by atoms with van der Waals surface area (Å²) < 4.78 is 10.1. The van der Waals surface area contributed by atoms with Gasteiger partial charge in [0, 0.05) is 19.5 Å². The molecule has 0 amide bonds. The second-order valence-corrected chi connectivity index (χ2v) is 3.62. The molecule has 0 saturated carbocycles. The molecule has 0 heterocycles. The molecule has 0 bridgehead atoms.